The average Bonchev–Trinajstić information content (AvgIpc) is 2.62. The van der Waals surface area contributed by atoms with Gasteiger partial charge in [0, 0.05) is 18.3 Å². The molecule has 0 spiro atoms. The zero-order valence-electron chi connectivity index (χ0n) is 15.1. The molecular weight excluding hydrogens is 348 g/mol. The molecule has 0 aliphatic carbocycles. The number of hydrogen-bond donors (Lipinski definition) is 0. The molecule has 2 aromatic carbocycles. The summed E-state index contributed by atoms with van der Waals surface area (Å²) in [5.41, 5.74) is 1.08. The van der Waals surface area contributed by atoms with Crippen LogP contribution in [0.4, 0.5) is 8.78 Å². The number of benzene rings is 2. The molecule has 0 saturated carbocycles. The second kappa shape index (κ2) is 7.66. The molecule has 3 nitrogen and oxygen atoms in total. The van der Waals surface area contributed by atoms with E-state index in [2.05, 4.69) is 0 Å². The summed E-state index contributed by atoms with van der Waals surface area (Å²) in [5, 5.41) is 0. The molecular formula is C22H19F2NO2. The van der Waals surface area contributed by atoms with Crippen molar-refractivity contribution in [2.75, 3.05) is 0 Å². The van der Waals surface area contributed by atoms with Gasteiger partial charge < -0.3 is 0 Å². The van der Waals surface area contributed by atoms with Gasteiger partial charge in [-0.3, -0.25) is 14.2 Å². The monoisotopic (exact) mass is 367 g/mol. The molecule has 1 aromatic heterocycles. The van der Waals surface area contributed by atoms with Crippen LogP contribution in [0, 0.1) is 11.6 Å². The summed E-state index contributed by atoms with van der Waals surface area (Å²) in [4.78, 5) is 25.3. The first kappa shape index (κ1) is 18.7. The summed E-state index contributed by atoms with van der Waals surface area (Å²) in [5.74, 6) is -1.11. The van der Waals surface area contributed by atoms with Crippen LogP contribution in [0.25, 0.3) is 5.69 Å². The normalized spacial score (nSPS) is 11.0. The molecule has 3 aromatic rings. The van der Waals surface area contributed by atoms with E-state index < -0.39 is 17.2 Å². The van der Waals surface area contributed by atoms with Crippen molar-refractivity contribution in [2.24, 2.45) is 0 Å². The van der Waals surface area contributed by atoms with Crippen LogP contribution in [0.3, 0.4) is 0 Å². The third kappa shape index (κ3) is 4.03. The summed E-state index contributed by atoms with van der Waals surface area (Å²) in [6.07, 6.45) is 1.45. The first-order valence-electron chi connectivity index (χ1n) is 8.66. The minimum absolute atomic E-state index is 0.00942. The van der Waals surface area contributed by atoms with E-state index in [-0.39, 0.29) is 23.7 Å². The topological polar surface area (TPSA) is 39.1 Å². The van der Waals surface area contributed by atoms with E-state index in [0.29, 0.717) is 16.8 Å². The molecule has 0 amide bonds. The Morgan fingerprint density at radius 2 is 1.74 bits per heavy atom. The molecule has 3 rings (SSSR count). The second-order valence-electron chi connectivity index (χ2n) is 6.68. The van der Waals surface area contributed by atoms with Gasteiger partial charge in [0.05, 0.1) is 5.56 Å². The highest BCUT2D eigenvalue weighted by molar-refractivity contribution is 5.97. The van der Waals surface area contributed by atoms with Gasteiger partial charge in [-0.05, 0) is 59.5 Å². The van der Waals surface area contributed by atoms with Crippen LogP contribution in [-0.4, -0.2) is 10.4 Å². The quantitative estimate of drug-likeness (QED) is 0.615. The first-order valence-corrected chi connectivity index (χ1v) is 8.66. The Morgan fingerprint density at radius 3 is 2.37 bits per heavy atom. The number of carbonyl (C=O) groups is 1. The minimum Gasteiger partial charge on any atom is -0.294 e. The van der Waals surface area contributed by atoms with Crippen LogP contribution < -0.4 is 5.56 Å². The number of aromatic nitrogens is 1. The SMILES string of the molecule is CC(C)c1ccc(CC(=O)c2cccn(-c3ccc(F)cc3)c2=O)cc1F. The molecule has 0 atom stereocenters. The van der Waals surface area contributed by atoms with Crippen molar-refractivity contribution in [1.82, 2.24) is 4.57 Å². The number of halogens is 2. The first-order chi connectivity index (χ1) is 12.9. The third-order valence-corrected chi connectivity index (χ3v) is 4.40. The molecule has 27 heavy (non-hydrogen) atoms. The standard InChI is InChI=1S/C22H19F2NO2/c1-14(2)18-10-5-15(12-20(18)24)13-21(26)19-4-3-11-25(22(19)27)17-8-6-16(23)7-9-17/h3-12,14H,13H2,1-2H3. The van der Waals surface area contributed by atoms with Gasteiger partial charge in [0.1, 0.15) is 11.6 Å². The molecule has 0 N–H and O–H groups in total. The second-order valence-corrected chi connectivity index (χ2v) is 6.68. The molecule has 5 heteroatoms. The van der Waals surface area contributed by atoms with Crippen molar-refractivity contribution in [2.45, 2.75) is 26.2 Å². The number of rotatable bonds is 5. The number of hydrogen-bond acceptors (Lipinski definition) is 2. The van der Waals surface area contributed by atoms with Gasteiger partial charge in [0.15, 0.2) is 5.78 Å². The summed E-state index contributed by atoms with van der Waals surface area (Å²) >= 11 is 0. The summed E-state index contributed by atoms with van der Waals surface area (Å²) < 4.78 is 28.5. The Kier molecular flexibility index (Phi) is 5.31. The van der Waals surface area contributed by atoms with Crippen LogP contribution in [0.2, 0.25) is 0 Å². The Balaban J connectivity index is 1.90. The van der Waals surface area contributed by atoms with Crippen LogP contribution in [-0.2, 0) is 6.42 Å². The van der Waals surface area contributed by atoms with Crippen molar-refractivity contribution < 1.29 is 13.6 Å². The summed E-state index contributed by atoms with van der Waals surface area (Å²) in [6, 6.07) is 13.2. The third-order valence-electron chi connectivity index (χ3n) is 4.40. The lowest BCUT2D eigenvalue weighted by Gasteiger charge is -2.10. The van der Waals surface area contributed by atoms with Gasteiger partial charge in [-0.25, -0.2) is 8.78 Å². The van der Waals surface area contributed by atoms with Gasteiger partial charge in [0.2, 0.25) is 0 Å². The maximum Gasteiger partial charge on any atom is 0.265 e. The fourth-order valence-electron chi connectivity index (χ4n) is 2.94. The molecule has 0 aliphatic rings. The van der Waals surface area contributed by atoms with Crippen LogP contribution in [0.15, 0.2) is 65.6 Å². The van der Waals surface area contributed by atoms with E-state index in [1.54, 1.807) is 18.2 Å². The summed E-state index contributed by atoms with van der Waals surface area (Å²) in [7, 11) is 0. The molecule has 0 aliphatic heterocycles. The predicted molar refractivity (Wildman–Crippen MR) is 101 cm³/mol. The van der Waals surface area contributed by atoms with Crippen molar-refractivity contribution in [3.63, 3.8) is 0 Å². The molecule has 0 unspecified atom stereocenters. The molecule has 0 saturated heterocycles. The highest BCUT2D eigenvalue weighted by Gasteiger charge is 2.15. The number of pyridine rings is 1. The zero-order valence-corrected chi connectivity index (χ0v) is 15.1. The van der Waals surface area contributed by atoms with Crippen LogP contribution in [0.5, 0.6) is 0 Å². The molecule has 0 radical (unpaired) electrons. The van der Waals surface area contributed by atoms with Crippen LogP contribution >= 0.6 is 0 Å². The Labute approximate surface area is 155 Å². The minimum atomic E-state index is -0.492. The van der Waals surface area contributed by atoms with Crippen molar-refractivity contribution in [1.29, 1.82) is 0 Å². The van der Waals surface area contributed by atoms with Crippen LogP contribution in [0.1, 0.15) is 41.3 Å². The Morgan fingerprint density at radius 1 is 1.04 bits per heavy atom. The number of nitrogens with zero attached hydrogens (tertiary/aromatic N) is 1. The largest absolute Gasteiger partial charge is 0.294 e. The Hall–Kier alpha value is -3.08. The average molecular weight is 367 g/mol. The molecule has 0 fully saturated rings. The fourth-order valence-corrected chi connectivity index (χ4v) is 2.94. The van der Waals surface area contributed by atoms with Crippen molar-refractivity contribution in [3.8, 4) is 5.69 Å². The van der Waals surface area contributed by atoms with Gasteiger partial charge in [-0.1, -0.05) is 26.0 Å². The highest BCUT2D eigenvalue weighted by atomic mass is 19.1. The lowest BCUT2D eigenvalue weighted by Crippen LogP contribution is -2.25. The zero-order chi connectivity index (χ0) is 19.6. The lowest BCUT2D eigenvalue weighted by molar-refractivity contribution is 0.0991. The van der Waals surface area contributed by atoms with E-state index in [9.17, 15) is 18.4 Å². The maximum atomic E-state index is 14.1. The Bertz CT molecular complexity index is 1040. The van der Waals surface area contributed by atoms with Crippen molar-refractivity contribution >= 4 is 5.78 Å². The van der Waals surface area contributed by atoms with E-state index in [4.69, 9.17) is 0 Å². The maximum absolute atomic E-state index is 14.1. The number of carbonyl (C=O) groups excluding carboxylic acids is 1. The smallest absolute Gasteiger partial charge is 0.265 e. The van der Waals surface area contributed by atoms with Gasteiger partial charge >= 0.3 is 0 Å². The van der Waals surface area contributed by atoms with E-state index in [0.717, 1.165) is 0 Å². The number of Topliss-reactive ketones (excluding diaryl/α,β-unsaturated/α-hetero) is 1. The number of ketones is 1. The van der Waals surface area contributed by atoms with Gasteiger partial charge in [-0.2, -0.15) is 0 Å². The fraction of sp³-hybridized carbons (Fsp3) is 0.182. The van der Waals surface area contributed by atoms with Gasteiger partial charge in [0.25, 0.3) is 5.56 Å². The summed E-state index contributed by atoms with van der Waals surface area (Å²) in [6.45, 7) is 3.79. The predicted octanol–water partition coefficient (Wildman–Crippen LogP) is 4.66. The molecule has 1 heterocycles. The molecule has 138 valence electrons. The molecule has 0 bridgehead atoms. The van der Waals surface area contributed by atoms with Crippen molar-refractivity contribution in [3.05, 3.63) is 99.5 Å². The van der Waals surface area contributed by atoms with Gasteiger partial charge in [-0.15, -0.1) is 0 Å². The van der Waals surface area contributed by atoms with E-state index in [1.165, 1.54) is 47.2 Å². The van der Waals surface area contributed by atoms with E-state index in [1.807, 2.05) is 13.8 Å². The highest BCUT2D eigenvalue weighted by Crippen LogP contribution is 2.20. The van der Waals surface area contributed by atoms with E-state index >= 15 is 0 Å². The lowest BCUT2D eigenvalue weighted by atomic mass is 9.98.